The molecule has 0 amide bonds. The quantitative estimate of drug-likeness (QED) is 0.342. The lowest BCUT2D eigenvalue weighted by atomic mass is 9.80. The Morgan fingerprint density at radius 2 is 1.76 bits per heavy atom. The van der Waals surface area contributed by atoms with Gasteiger partial charge < -0.3 is 0 Å². The molecule has 2 unspecified atom stereocenters. The van der Waals surface area contributed by atoms with Crippen molar-refractivity contribution in [1.29, 1.82) is 0 Å². The van der Waals surface area contributed by atoms with Crippen LogP contribution in [-0.2, 0) is 19.3 Å². The smallest absolute Gasteiger partial charge is 0.126 e. The largest absolute Gasteiger partial charge is 0.299 e. The van der Waals surface area contributed by atoms with Crippen molar-refractivity contribution in [2.75, 3.05) is 19.6 Å². The summed E-state index contributed by atoms with van der Waals surface area (Å²) in [4.78, 5) is 2.22. The fourth-order valence-electron chi connectivity index (χ4n) is 5.73. The second kappa shape index (κ2) is 11.1. The van der Waals surface area contributed by atoms with Crippen LogP contribution in [-0.4, -0.2) is 30.2 Å². The molecule has 0 spiro atoms. The van der Waals surface area contributed by atoms with E-state index in [4.69, 9.17) is 0 Å². The van der Waals surface area contributed by atoms with Gasteiger partial charge in [0.2, 0.25) is 0 Å². The SMILES string of the molecule is C=CC(Cc1cc(CC)c(CC)cc1C)CC1(F)CCN(CC2=CC(C)CC(C)=C2F)CC1. The lowest BCUT2D eigenvalue weighted by molar-refractivity contribution is 0.0450. The molecule has 1 saturated heterocycles. The van der Waals surface area contributed by atoms with E-state index >= 15 is 4.39 Å². The zero-order chi connectivity index (χ0) is 24.2. The van der Waals surface area contributed by atoms with Gasteiger partial charge in [0.05, 0.1) is 0 Å². The van der Waals surface area contributed by atoms with Gasteiger partial charge in [0.25, 0.3) is 0 Å². The molecule has 1 fully saturated rings. The average molecular weight is 456 g/mol. The standard InChI is InChI=1S/C30H43F2N/c1-7-24(17-27-18-26(9-3)25(8-2)16-22(27)5)19-30(32)10-12-33(13-11-30)20-28-15-21(4)14-23(6)29(28)31/h7,15-16,18,21,24H,1,8-14,17,19-20H2,2-6H3. The predicted molar refractivity (Wildman–Crippen MR) is 137 cm³/mol. The highest BCUT2D eigenvalue weighted by Crippen LogP contribution is 2.36. The Labute approximate surface area is 200 Å². The van der Waals surface area contributed by atoms with E-state index < -0.39 is 5.67 Å². The molecule has 1 aromatic carbocycles. The number of alkyl halides is 1. The molecule has 1 aliphatic heterocycles. The third-order valence-corrected chi connectivity index (χ3v) is 7.78. The van der Waals surface area contributed by atoms with Crippen molar-refractivity contribution in [3.8, 4) is 0 Å². The first-order valence-electron chi connectivity index (χ1n) is 12.9. The van der Waals surface area contributed by atoms with Crippen LogP contribution in [0.2, 0.25) is 0 Å². The summed E-state index contributed by atoms with van der Waals surface area (Å²) >= 11 is 0. The van der Waals surface area contributed by atoms with E-state index in [1.54, 1.807) is 0 Å². The molecule has 2 aliphatic rings. The monoisotopic (exact) mass is 455 g/mol. The molecule has 3 heteroatoms. The van der Waals surface area contributed by atoms with Gasteiger partial charge in [-0.3, -0.25) is 4.90 Å². The average Bonchev–Trinajstić information content (AvgIpc) is 2.79. The number of benzene rings is 1. The van der Waals surface area contributed by atoms with Crippen LogP contribution >= 0.6 is 0 Å². The van der Waals surface area contributed by atoms with E-state index in [1.807, 2.05) is 13.0 Å². The van der Waals surface area contributed by atoms with Gasteiger partial charge in [-0.25, -0.2) is 8.78 Å². The van der Waals surface area contributed by atoms with Crippen LogP contribution in [0.1, 0.15) is 75.6 Å². The van der Waals surface area contributed by atoms with E-state index in [1.165, 1.54) is 22.3 Å². The zero-order valence-electron chi connectivity index (χ0n) is 21.4. The first-order chi connectivity index (χ1) is 15.7. The molecular weight excluding hydrogens is 412 g/mol. The van der Waals surface area contributed by atoms with Crippen LogP contribution in [0.3, 0.4) is 0 Å². The number of nitrogens with zero attached hydrogens (tertiary/aromatic N) is 1. The molecule has 33 heavy (non-hydrogen) atoms. The van der Waals surface area contributed by atoms with Crippen LogP contribution in [0, 0.1) is 18.8 Å². The number of hydrogen-bond donors (Lipinski definition) is 0. The lowest BCUT2D eigenvalue weighted by Gasteiger charge is -2.38. The number of piperidine rings is 1. The Morgan fingerprint density at radius 3 is 2.36 bits per heavy atom. The minimum Gasteiger partial charge on any atom is -0.299 e. The second-order valence-electron chi connectivity index (χ2n) is 10.6. The van der Waals surface area contributed by atoms with Crippen LogP contribution < -0.4 is 0 Å². The molecule has 1 nitrogen and oxygen atoms in total. The highest BCUT2D eigenvalue weighted by atomic mass is 19.1. The van der Waals surface area contributed by atoms with E-state index in [2.05, 4.69) is 57.4 Å². The highest BCUT2D eigenvalue weighted by Gasteiger charge is 2.36. The van der Waals surface area contributed by atoms with Crippen molar-refractivity contribution in [3.63, 3.8) is 0 Å². The van der Waals surface area contributed by atoms with Gasteiger partial charge in [-0.15, -0.1) is 6.58 Å². The number of rotatable bonds is 9. The first kappa shape index (κ1) is 25.9. The van der Waals surface area contributed by atoms with Gasteiger partial charge in [-0.2, -0.15) is 0 Å². The van der Waals surface area contributed by atoms with Gasteiger partial charge in [-0.05, 0) is 104 Å². The third-order valence-electron chi connectivity index (χ3n) is 7.78. The van der Waals surface area contributed by atoms with E-state index in [0.717, 1.165) is 36.8 Å². The van der Waals surface area contributed by atoms with Crippen LogP contribution in [0.5, 0.6) is 0 Å². The van der Waals surface area contributed by atoms with Gasteiger partial charge in [0, 0.05) is 19.6 Å². The maximum absolute atomic E-state index is 15.9. The number of likely N-dealkylation sites (tertiary alicyclic amines) is 1. The van der Waals surface area contributed by atoms with Gasteiger partial charge in [0.1, 0.15) is 11.5 Å². The summed E-state index contributed by atoms with van der Waals surface area (Å²) in [7, 11) is 0. The van der Waals surface area contributed by atoms with Crippen molar-refractivity contribution >= 4 is 0 Å². The lowest BCUT2D eigenvalue weighted by Crippen LogP contribution is -2.43. The Kier molecular flexibility index (Phi) is 8.72. The summed E-state index contributed by atoms with van der Waals surface area (Å²) in [6.07, 6.45) is 9.28. The van der Waals surface area contributed by atoms with E-state index in [9.17, 15) is 4.39 Å². The summed E-state index contributed by atoms with van der Waals surface area (Å²) in [5.74, 6) is 0.455. The summed E-state index contributed by atoms with van der Waals surface area (Å²) in [6, 6.07) is 4.65. The van der Waals surface area contributed by atoms with E-state index in [0.29, 0.717) is 44.8 Å². The molecule has 1 aromatic rings. The summed E-state index contributed by atoms with van der Waals surface area (Å²) in [5.41, 5.74) is 5.93. The van der Waals surface area contributed by atoms with Crippen molar-refractivity contribution in [3.05, 3.63) is 70.1 Å². The highest BCUT2D eigenvalue weighted by molar-refractivity contribution is 5.39. The number of aryl methyl sites for hydroxylation is 3. The fraction of sp³-hybridized carbons (Fsp3) is 0.600. The fourth-order valence-corrected chi connectivity index (χ4v) is 5.73. The van der Waals surface area contributed by atoms with Gasteiger partial charge in [-0.1, -0.05) is 45.1 Å². The Hall–Kier alpha value is -1.74. The molecule has 1 heterocycles. The summed E-state index contributed by atoms with van der Waals surface area (Å²) < 4.78 is 30.4. The Bertz CT molecular complexity index is 902. The molecule has 0 saturated carbocycles. The third kappa shape index (κ3) is 6.44. The van der Waals surface area contributed by atoms with Crippen molar-refractivity contribution in [1.82, 2.24) is 4.90 Å². The molecule has 1 aliphatic carbocycles. The maximum Gasteiger partial charge on any atom is 0.126 e. The topological polar surface area (TPSA) is 3.24 Å². The first-order valence-corrected chi connectivity index (χ1v) is 12.9. The van der Waals surface area contributed by atoms with E-state index in [-0.39, 0.29) is 11.7 Å². The van der Waals surface area contributed by atoms with Crippen molar-refractivity contribution in [2.24, 2.45) is 11.8 Å². The minimum atomic E-state index is -1.17. The number of allylic oxidation sites excluding steroid dienone is 3. The zero-order valence-corrected chi connectivity index (χ0v) is 21.4. The van der Waals surface area contributed by atoms with Crippen LogP contribution in [0.15, 0.2) is 47.8 Å². The predicted octanol–water partition coefficient (Wildman–Crippen LogP) is 7.87. The molecule has 0 aromatic heterocycles. The Balaban J connectivity index is 1.60. The molecule has 182 valence electrons. The normalized spacial score (nSPS) is 22.3. The minimum absolute atomic E-state index is 0.0483. The molecule has 0 radical (unpaired) electrons. The number of halogens is 2. The molecule has 2 atom stereocenters. The molecule has 0 bridgehead atoms. The van der Waals surface area contributed by atoms with Gasteiger partial charge >= 0.3 is 0 Å². The maximum atomic E-state index is 15.9. The number of hydrogen-bond acceptors (Lipinski definition) is 1. The van der Waals surface area contributed by atoms with Crippen molar-refractivity contribution in [2.45, 2.75) is 85.2 Å². The molecular formula is C30H43F2N. The molecule has 0 N–H and O–H groups in total. The second-order valence-corrected chi connectivity index (χ2v) is 10.6. The summed E-state index contributed by atoms with van der Waals surface area (Å²) in [6.45, 7) is 16.6. The van der Waals surface area contributed by atoms with Crippen LogP contribution in [0.4, 0.5) is 8.78 Å². The van der Waals surface area contributed by atoms with Crippen molar-refractivity contribution < 1.29 is 8.78 Å². The van der Waals surface area contributed by atoms with Gasteiger partial charge in [0.15, 0.2) is 0 Å². The molecule has 3 rings (SSSR count). The Morgan fingerprint density at radius 1 is 1.12 bits per heavy atom. The van der Waals surface area contributed by atoms with Crippen LogP contribution in [0.25, 0.3) is 0 Å². The summed E-state index contributed by atoms with van der Waals surface area (Å²) in [5, 5.41) is 0.